The Bertz CT molecular complexity index is 981. The van der Waals surface area contributed by atoms with Gasteiger partial charge in [0.1, 0.15) is 23.1 Å². The van der Waals surface area contributed by atoms with E-state index in [0.29, 0.717) is 18.8 Å². The molecule has 1 aromatic heterocycles. The number of aromatic nitrogens is 1. The number of nitrogens with zero attached hydrogens (tertiary/aromatic N) is 2. The minimum Gasteiger partial charge on any atom is -0.497 e. The van der Waals surface area contributed by atoms with Crippen molar-refractivity contribution in [3.05, 3.63) is 83.7 Å². The van der Waals surface area contributed by atoms with Gasteiger partial charge in [-0.05, 0) is 42.0 Å². The number of urea groups is 1. The number of carbonyl (C=O) groups excluding carboxylic acids is 1. The third kappa shape index (κ3) is 3.19. The van der Waals surface area contributed by atoms with Crippen LogP contribution in [-0.4, -0.2) is 29.2 Å². The fourth-order valence-electron chi connectivity index (χ4n) is 3.54. The van der Waals surface area contributed by atoms with E-state index in [0.717, 1.165) is 23.4 Å². The number of anilines is 1. The van der Waals surface area contributed by atoms with E-state index < -0.39 is 23.4 Å². The van der Waals surface area contributed by atoms with Crippen molar-refractivity contribution >= 4 is 11.7 Å². The number of rotatable bonds is 3. The van der Waals surface area contributed by atoms with E-state index in [9.17, 15) is 13.6 Å². The minimum absolute atomic E-state index is 0.385. The number of carbonyl (C=O) groups is 1. The molecular formula is C21H19F2N3O2. The van der Waals surface area contributed by atoms with Gasteiger partial charge in [-0.2, -0.15) is 0 Å². The van der Waals surface area contributed by atoms with Crippen molar-refractivity contribution in [3.63, 3.8) is 0 Å². The van der Waals surface area contributed by atoms with Gasteiger partial charge in [-0.3, -0.25) is 0 Å². The highest BCUT2D eigenvalue weighted by atomic mass is 19.1. The van der Waals surface area contributed by atoms with E-state index in [4.69, 9.17) is 4.74 Å². The van der Waals surface area contributed by atoms with E-state index in [2.05, 4.69) is 9.88 Å². The molecule has 1 aliphatic rings. The van der Waals surface area contributed by atoms with Crippen LogP contribution in [0.25, 0.3) is 0 Å². The number of hydrogen-bond acceptors (Lipinski definition) is 2. The van der Waals surface area contributed by atoms with E-state index in [1.165, 1.54) is 6.07 Å². The molecule has 1 aliphatic heterocycles. The largest absolute Gasteiger partial charge is 0.497 e. The summed E-state index contributed by atoms with van der Waals surface area (Å²) in [7, 11) is 1.59. The molecule has 2 heterocycles. The van der Waals surface area contributed by atoms with Crippen LogP contribution < -0.4 is 10.1 Å². The molecule has 0 radical (unpaired) electrons. The molecule has 1 atom stereocenters. The highest BCUT2D eigenvalue weighted by Gasteiger charge is 2.32. The first-order valence-electron chi connectivity index (χ1n) is 8.89. The average Bonchev–Trinajstić information content (AvgIpc) is 3.19. The molecule has 0 saturated heterocycles. The molecule has 0 bridgehead atoms. The lowest BCUT2D eigenvalue weighted by Gasteiger charge is -2.37. The van der Waals surface area contributed by atoms with Gasteiger partial charge in [-0.15, -0.1) is 0 Å². The van der Waals surface area contributed by atoms with Gasteiger partial charge in [0, 0.05) is 25.0 Å². The number of halogens is 2. The van der Waals surface area contributed by atoms with E-state index in [1.807, 2.05) is 42.6 Å². The van der Waals surface area contributed by atoms with Crippen LogP contribution in [0.2, 0.25) is 0 Å². The highest BCUT2D eigenvalue weighted by molar-refractivity contribution is 5.90. The van der Waals surface area contributed by atoms with Gasteiger partial charge in [-0.1, -0.05) is 18.2 Å². The SMILES string of the molecule is COc1ccc(C2c3cccn3CCN2C(=O)Nc2c(F)cccc2F)cc1. The molecule has 0 saturated carbocycles. The van der Waals surface area contributed by atoms with Crippen LogP contribution in [0.15, 0.2) is 60.8 Å². The molecule has 4 rings (SSSR count). The number of nitrogens with one attached hydrogen (secondary N) is 1. The molecule has 28 heavy (non-hydrogen) atoms. The Hall–Kier alpha value is -3.35. The molecule has 2 aromatic carbocycles. The van der Waals surface area contributed by atoms with Gasteiger partial charge < -0.3 is 19.5 Å². The highest BCUT2D eigenvalue weighted by Crippen LogP contribution is 2.34. The number of benzene rings is 2. The summed E-state index contributed by atoms with van der Waals surface area (Å²) in [5, 5.41) is 2.40. The summed E-state index contributed by atoms with van der Waals surface area (Å²) in [5.41, 5.74) is 1.37. The van der Waals surface area contributed by atoms with Crippen LogP contribution >= 0.6 is 0 Å². The molecule has 0 aliphatic carbocycles. The Balaban J connectivity index is 1.69. The normalized spacial score (nSPS) is 15.8. The fourth-order valence-corrected chi connectivity index (χ4v) is 3.54. The summed E-state index contributed by atoms with van der Waals surface area (Å²) in [6, 6.07) is 13.8. The molecule has 7 heteroatoms. The van der Waals surface area contributed by atoms with Gasteiger partial charge in [-0.25, -0.2) is 13.6 Å². The lowest BCUT2D eigenvalue weighted by atomic mass is 10.00. The molecule has 1 N–H and O–H groups in total. The van der Waals surface area contributed by atoms with Gasteiger partial charge in [0.2, 0.25) is 0 Å². The third-order valence-electron chi connectivity index (χ3n) is 4.93. The first-order chi connectivity index (χ1) is 13.6. The molecule has 3 aromatic rings. The average molecular weight is 383 g/mol. The van der Waals surface area contributed by atoms with Crippen LogP contribution in [0.1, 0.15) is 17.3 Å². The number of methoxy groups -OCH3 is 1. The molecule has 2 amide bonds. The Kier molecular flexibility index (Phi) is 4.73. The van der Waals surface area contributed by atoms with E-state index in [-0.39, 0.29) is 6.04 Å². The Morgan fingerprint density at radius 1 is 1.04 bits per heavy atom. The molecule has 1 unspecified atom stereocenters. The summed E-state index contributed by atoms with van der Waals surface area (Å²) in [5.74, 6) is -0.913. The van der Waals surface area contributed by atoms with Crippen molar-refractivity contribution in [1.29, 1.82) is 0 Å². The van der Waals surface area contributed by atoms with E-state index >= 15 is 0 Å². The number of fused-ring (bicyclic) bond motifs is 1. The van der Waals surface area contributed by atoms with Crippen molar-refractivity contribution in [2.75, 3.05) is 19.0 Å². The Morgan fingerprint density at radius 2 is 1.75 bits per heavy atom. The summed E-state index contributed by atoms with van der Waals surface area (Å²) < 4.78 is 35.2. The van der Waals surface area contributed by atoms with Crippen molar-refractivity contribution in [2.45, 2.75) is 12.6 Å². The van der Waals surface area contributed by atoms with Crippen molar-refractivity contribution in [2.24, 2.45) is 0 Å². The zero-order chi connectivity index (χ0) is 19.7. The smallest absolute Gasteiger partial charge is 0.322 e. The molecule has 0 fully saturated rings. The van der Waals surface area contributed by atoms with Crippen LogP contribution in [0.4, 0.5) is 19.3 Å². The second-order valence-electron chi connectivity index (χ2n) is 6.52. The summed E-state index contributed by atoms with van der Waals surface area (Å²) in [6.07, 6.45) is 1.96. The van der Waals surface area contributed by atoms with Gasteiger partial charge >= 0.3 is 6.03 Å². The summed E-state index contributed by atoms with van der Waals surface area (Å²) in [4.78, 5) is 14.5. The maximum atomic E-state index is 14.0. The molecule has 5 nitrogen and oxygen atoms in total. The summed E-state index contributed by atoms with van der Waals surface area (Å²) >= 11 is 0. The first-order valence-corrected chi connectivity index (χ1v) is 8.89. The third-order valence-corrected chi connectivity index (χ3v) is 4.93. The lowest BCUT2D eigenvalue weighted by Crippen LogP contribution is -2.44. The Labute approximate surface area is 161 Å². The van der Waals surface area contributed by atoms with Gasteiger partial charge in [0.05, 0.1) is 13.2 Å². The van der Waals surface area contributed by atoms with Gasteiger partial charge in [0.15, 0.2) is 0 Å². The molecular weight excluding hydrogens is 364 g/mol. The fraction of sp³-hybridized carbons (Fsp3) is 0.190. The topological polar surface area (TPSA) is 46.5 Å². The van der Waals surface area contributed by atoms with Crippen LogP contribution in [0.3, 0.4) is 0 Å². The lowest BCUT2D eigenvalue weighted by molar-refractivity contribution is 0.181. The van der Waals surface area contributed by atoms with Crippen LogP contribution in [0, 0.1) is 11.6 Å². The maximum Gasteiger partial charge on any atom is 0.322 e. The van der Waals surface area contributed by atoms with Gasteiger partial charge in [0.25, 0.3) is 0 Å². The predicted molar refractivity (Wildman–Crippen MR) is 101 cm³/mol. The van der Waals surface area contributed by atoms with Crippen LogP contribution in [-0.2, 0) is 6.54 Å². The quantitative estimate of drug-likeness (QED) is 0.728. The van der Waals surface area contributed by atoms with Crippen molar-refractivity contribution in [1.82, 2.24) is 9.47 Å². The maximum absolute atomic E-state index is 14.0. The number of amides is 2. The first kappa shape index (κ1) is 18.0. The monoisotopic (exact) mass is 383 g/mol. The minimum atomic E-state index is -0.810. The number of hydrogen-bond donors (Lipinski definition) is 1. The van der Waals surface area contributed by atoms with Crippen molar-refractivity contribution in [3.8, 4) is 5.75 Å². The van der Waals surface area contributed by atoms with E-state index in [1.54, 1.807) is 12.0 Å². The molecule has 144 valence electrons. The second kappa shape index (κ2) is 7.34. The number of para-hydroxylation sites is 1. The standard InChI is InChI=1S/C21H19F2N3O2/c1-28-15-9-7-14(8-10-15)20-18-6-3-11-25(18)12-13-26(20)21(27)24-19-16(22)4-2-5-17(19)23/h2-11,20H,12-13H2,1H3,(H,24,27). The zero-order valence-electron chi connectivity index (χ0n) is 15.2. The predicted octanol–water partition coefficient (Wildman–Crippen LogP) is 4.41. The van der Waals surface area contributed by atoms with Crippen LogP contribution in [0.5, 0.6) is 5.75 Å². The Morgan fingerprint density at radius 3 is 2.43 bits per heavy atom. The van der Waals surface area contributed by atoms with Crippen molar-refractivity contribution < 1.29 is 18.3 Å². The second-order valence-corrected chi connectivity index (χ2v) is 6.52. The summed E-state index contributed by atoms with van der Waals surface area (Å²) in [6.45, 7) is 1.00. The number of ether oxygens (including phenoxy) is 1. The molecule has 0 spiro atoms. The zero-order valence-corrected chi connectivity index (χ0v) is 15.2.